The molecule has 0 bridgehead atoms. The molecule has 0 aromatic heterocycles. The highest BCUT2D eigenvalue weighted by Crippen LogP contribution is 2.21. The topological polar surface area (TPSA) is 32.3 Å². The van der Waals surface area contributed by atoms with Crippen LogP contribution < -0.4 is 5.32 Å². The van der Waals surface area contributed by atoms with Crippen LogP contribution in [0.2, 0.25) is 5.02 Å². The summed E-state index contributed by atoms with van der Waals surface area (Å²) in [5.41, 5.74) is 1.09. The summed E-state index contributed by atoms with van der Waals surface area (Å²) in [6, 6.07) is 7.89. The van der Waals surface area contributed by atoms with E-state index in [9.17, 15) is 4.79 Å². The minimum atomic E-state index is 0.0543. The van der Waals surface area contributed by atoms with Crippen LogP contribution in [0.5, 0.6) is 0 Å². The van der Waals surface area contributed by atoms with E-state index in [4.69, 9.17) is 11.6 Å². The fraction of sp³-hybridized carbons (Fsp3) is 0.533. The van der Waals surface area contributed by atoms with Crippen LogP contribution in [0.15, 0.2) is 24.3 Å². The summed E-state index contributed by atoms with van der Waals surface area (Å²) in [7, 11) is 1.85. The maximum atomic E-state index is 12.2. The third kappa shape index (κ3) is 4.84. The average Bonchev–Trinajstić information content (AvgIpc) is 2.38. The van der Waals surface area contributed by atoms with E-state index in [1.54, 1.807) is 4.90 Å². The lowest BCUT2D eigenvalue weighted by molar-refractivity contribution is -0.132. The molecule has 0 aliphatic heterocycles. The van der Waals surface area contributed by atoms with E-state index in [1.807, 2.05) is 52.1 Å². The Labute approximate surface area is 120 Å². The van der Waals surface area contributed by atoms with E-state index in [1.165, 1.54) is 0 Å². The molecule has 1 amide bonds. The number of rotatable bonds is 6. The molecule has 1 aromatic rings. The van der Waals surface area contributed by atoms with Crippen molar-refractivity contribution in [1.29, 1.82) is 0 Å². The van der Waals surface area contributed by atoms with Crippen molar-refractivity contribution in [1.82, 2.24) is 10.2 Å². The third-order valence-corrected chi connectivity index (χ3v) is 3.61. The largest absolute Gasteiger partial charge is 0.339 e. The first-order valence-corrected chi connectivity index (χ1v) is 7.08. The van der Waals surface area contributed by atoms with Gasteiger partial charge in [0.15, 0.2) is 0 Å². The van der Waals surface area contributed by atoms with Gasteiger partial charge in [-0.25, -0.2) is 0 Å². The number of nitrogens with zero attached hydrogens (tertiary/aromatic N) is 1. The number of amides is 1. The molecule has 2 atom stereocenters. The van der Waals surface area contributed by atoms with E-state index >= 15 is 0 Å². The van der Waals surface area contributed by atoms with Crippen LogP contribution in [-0.4, -0.2) is 30.4 Å². The molecule has 0 saturated carbocycles. The van der Waals surface area contributed by atoms with Crippen molar-refractivity contribution in [2.45, 2.75) is 39.3 Å². The van der Waals surface area contributed by atoms with Crippen LogP contribution in [0.4, 0.5) is 0 Å². The molecule has 0 fully saturated rings. The van der Waals surface area contributed by atoms with Crippen molar-refractivity contribution in [2.24, 2.45) is 0 Å². The Morgan fingerprint density at radius 1 is 1.32 bits per heavy atom. The van der Waals surface area contributed by atoms with Gasteiger partial charge in [0.2, 0.25) is 5.91 Å². The highest BCUT2D eigenvalue weighted by Gasteiger charge is 2.18. The predicted octanol–water partition coefficient (Wildman–Crippen LogP) is 3.25. The van der Waals surface area contributed by atoms with E-state index in [-0.39, 0.29) is 18.0 Å². The van der Waals surface area contributed by atoms with Crippen LogP contribution in [-0.2, 0) is 4.79 Å². The summed E-state index contributed by atoms with van der Waals surface area (Å²) < 4.78 is 0. The summed E-state index contributed by atoms with van der Waals surface area (Å²) >= 11 is 5.87. The number of hydrogen-bond acceptors (Lipinski definition) is 2. The van der Waals surface area contributed by atoms with Crippen molar-refractivity contribution in [3.05, 3.63) is 34.9 Å². The molecule has 0 aliphatic carbocycles. The zero-order valence-electron chi connectivity index (χ0n) is 12.1. The Bertz CT molecular complexity index is 405. The lowest BCUT2D eigenvalue weighted by Crippen LogP contribution is -2.36. The zero-order chi connectivity index (χ0) is 14.4. The number of carbonyl (C=O) groups excluding carboxylic acids is 1. The second kappa shape index (κ2) is 7.51. The zero-order valence-corrected chi connectivity index (χ0v) is 12.9. The molecule has 1 rings (SSSR count). The van der Waals surface area contributed by atoms with Gasteiger partial charge in [0.1, 0.15) is 0 Å². The molecule has 3 nitrogen and oxygen atoms in total. The molecule has 2 unspecified atom stereocenters. The van der Waals surface area contributed by atoms with E-state index in [0.717, 1.165) is 12.1 Å². The molecule has 0 heterocycles. The highest BCUT2D eigenvalue weighted by molar-refractivity contribution is 6.30. The molecule has 106 valence electrons. The second-order valence-electron chi connectivity index (χ2n) is 4.90. The lowest BCUT2D eigenvalue weighted by atomic mass is 10.1. The van der Waals surface area contributed by atoms with Crippen molar-refractivity contribution < 1.29 is 4.79 Å². The molecule has 4 heteroatoms. The summed E-state index contributed by atoms with van der Waals surface area (Å²) in [5.74, 6) is 0.149. The second-order valence-corrected chi connectivity index (χ2v) is 5.33. The molecular formula is C15H23ClN2O. The molecule has 0 spiro atoms. The highest BCUT2D eigenvalue weighted by atomic mass is 35.5. The maximum Gasteiger partial charge on any atom is 0.224 e. The van der Waals surface area contributed by atoms with Crippen molar-refractivity contribution in [3.63, 3.8) is 0 Å². The van der Waals surface area contributed by atoms with Gasteiger partial charge in [-0.1, -0.05) is 30.7 Å². The fourth-order valence-corrected chi connectivity index (χ4v) is 2.13. The van der Waals surface area contributed by atoms with Crippen LogP contribution >= 0.6 is 11.6 Å². The molecular weight excluding hydrogens is 260 g/mol. The van der Waals surface area contributed by atoms with Gasteiger partial charge >= 0.3 is 0 Å². The molecule has 1 aromatic carbocycles. The Kier molecular flexibility index (Phi) is 6.32. The quantitative estimate of drug-likeness (QED) is 0.869. The van der Waals surface area contributed by atoms with Crippen molar-refractivity contribution >= 4 is 17.5 Å². The first-order chi connectivity index (χ1) is 8.95. The summed E-state index contributed by atoms with van der Waals surface area (Å²) in [5, 5.41) is 3.97. The number of nitrogens with one attached hydrogen (secondary N) is 1. The van der Waals surface area contributed by atoms with Crippen LogP contribution in [0.3, 0.4) is 0 Å². The monoisotopic (exact) mass is 282 g/mol. The van der Waals surface area contributed by atoms with Gasteiger partial charge < -0.3 is 10.2 Å². The van der Waals surface area contributed by atoms with E-state index in [0.29, 0.717) is 11.4 Å². The van der Waals surface area contributed by atoms with Crippen LogP contribution in [0, 0.1) is 0 Å². The molecule has 0 aliphatic rings. The minimum Gasteiger partial charge on any atom is -0.339 e. The van der Waals surface area contributed by atoms with Gasteiger partial charge in [0, 0.05) is 24.5 Å². The Morgan fingerprint density at radius 3 is 2.42 bits per heavy atom. The normalized spacial score (nSPS) is 13.9. The smallest absolute Gasteiger partial charge is 0.224 e. The SMILES string of the molecule is CCNC(C)CC(=O)N(C)C(C)c1ccc(Cl)cc1. The van der Waals surface area contributed by atoms with Crippen LogP contribution in [0.25, 0.3) is 0 Å². The van der Waals surface area contributed by atoms with Crippen molar-refractivity contribution in [3.8, 4) is 0 Å². The molecule has 0 radical (unpaired) electrons. The van der Waals surface area contributed by atoms with Gasteiger partial charge in [-0.05, 0) is 38.1 Å². The van der Waals surface area contributed by atoms with E-state index < -0.39 is 0 Å². The van der Waals surface area contributed by atoms with Crippen LogP contribution in [0.1, 0.15) is 38.8 Å². The fourth-order valence-electron chi connectivity index (χ4n) is 2.01. The Morgan fingerprint density at radius 2 is 1.89 bits per heavy atom. The number of benzene rings is 1. The third-order valence-electron chi connectivity index (χ3n) is 3.36. The first kappa shape index (κ1) is 16.0. The summed E-state index contributed by atoms with van der Waals surface area (Å²) in [4.78, 5) is 14.0. The van der Waals surface area contributed by atoms with Gasteiger partial charge in [-0.2, -0.15) is 0 Å². The first-order valence-electron chi connectivity index (χ1n) is 6.70. The Balaban J connectivity index is 2.63. The summed E-state index contributed by atoms with van der Waals surface area (Å²) in [6.45, 7) is 6.98. The average molecular weight is 283 g/mol. The van der Waals surface area contributed by atoms with Gasteiger partial charge in [0.25, 0.3) is 0 Å². The number of hydrogen-bond donors (Lipinski definition) is 1. The standard InChI is InChI=1S/C15H23ClN2O/c1-5-17-11(2)10-15(19)18(4)12(3)13-6-8-14(16)9-7-13/h6-9,11-12,17H,5,10H2,1-4H3. The van der Waals surface area contributed by atoms with Gasteiger partial charge in [0.05, 0.1) is 6.04 Å². The van der Waals surface area contributed by atoms with Gasteiger partial charge in [-0.3, -0.25) is 4.79 Å². The maximum absolute atomic E-state index is 12.2. The van der Waals surface area contributed by atoms with Gasteiger partial charge in [-0.15, -0.1) is 0 Å². The molecule has 19 heavy (non-hydrogen) atoms. The number of halogens is 1. The molecule has 0 saturated heterocycles. The summed E-state index contributed by atoms with van der Waals surface area (Å²) in [6.07, 6.45) is 0.516. The number of carbonyl (C=O) groups is 1. The Hall–Kier alpha value is -1.06. The predicted molar refractivity (Wildman–Crippen MR) is 80.4 cm³/mol. The molecule has 1 N–H and O–H groups in total. The van der Waals surface area contributed by atoms with Crippen molar-refractivity contribution in [2.75, 3.05) is 13.6 Å². The van der Waals surface area contributed by atoms with E-state index in [2.05, 4.69) is 5.32 Å². The lowest BCUT2D eigenvalue weighted by Gasteiger charge is -2.27. The minimum absolute atomic E-state index is 0.0543.